The van der Waals surface area contributed by atoms with E-state index in [1.54, 1.807) is 0 Å². The summed E-state index contributed by atoms with van der Waals surface area (Å²) in [5.74, 6) is 1.84. The molecule has 0 aliphatic carbocycles. The lowest BCUT2D eigenvalue weighted by molar-refractivity contribution is -0.132. The number of amides is 1. The van der Waals surface area contributed by atoms with Gasteiger partial charge in [0.15, 0.2) is 5.96 Å². The minimum atomic E-state index is 0.270. The van der Waals surface area contributed by atoms with Crippen LogP contribution in [0, 0.1) is 11.3 Å². The van der Waals surface area contributed by atoms with E-state index in [1.807, 2.05) is 11.9 Å². The Kier molecular flexibility index (Phi) is 5.64. The molecule has 6 heteroatoms. The second kappa shape index (κ2) is 7.72. The zero-order valence-electron chi connectivity index (χ0n) is 15.2. The molecule has 6 nitrogen and oxygen atoms in total. The van der Waals surface area contributed by atoms with Gasteiger partial charge in [-0.15, -0.1) is 0 Å². The molecule has 0 saturated carbocycles. The molecule has 3 aliphatic rings. The monoisotopic (exact) mass is 336 g/mol. The van der Waals surface area contributed by atoms with Gasteiger partial charge in [-0.05, 0) is 31.6 Å². The van der Waals surface area contributed by atoms with Crippen molar-refractivity contribution >= 4 is 11.9 Å². The fraction of sp³-hybridized carbons (Fsp3) is 0.889. The minimum Gasteiger partial charge on any atom is -0.381 e. The summed E-state index contributed by atoms with van der Waals surface area (Å²) >= 11 is 0. The SMILES string of the molecule is CN=C(NCCC(=O)N1CCCC(C)C1)N1CCC2(CCOC2)C1. The summed E-state index contributed by atoms with van der Waals surface area (Å²) in [6.45, 7) is 8.56. The molecule has 0 radical (unpaired) electrons. The van der Waals surface area contributed by atoms with Crippen LogP contribution >= 0.6 is 0 Å². The van der Waals surface area contributed by atoms with Crippen LogP contribution in [0.3, 0.4) is 0 Å². The van der Waals surface area contributed by atoms with Crippen LogP contribution in [-0.4, -0.2) is 74.7 Å². The number of hydrogen-bond donors (Lipinski definition) is 1. The van der Waals surface area contributed by atoms with E-state index < -0.39 is 0 Å². The van der Waals surface area contributed by atoms with Crippen molar-refractivity contribution in [3.63, 3.8) is 0 Å². The Hall–Kier alpha value is -1.30. The van der Waals surface area contributed by atoms with Gasteiger partial charge in [0.1, 0.15) is 0 Å². The van der Waals surface area contributed by atoms with Crippen molar-refractivity contribution in [3.8, 4) is 0 Å². The Balaban J connectivity index is 1.42. The normalized spacial score (nSPS) is 31.1. The maximum Gasteiger partial charge on any atom is 0.224 e. The maximum atomic E-state index is 12.4. The molecule has 0 bridgehead atoms. The molecule has 2 unspecified atom stereocenters. The molecular formula is C18H32N4O2. The summed E-state index contributed by atoms with van der Waals surface area (Å²) in [6, 6.07) is 0. The van der Waals surface area contributed by atoms with Gasteiger partial charge in [0.2, 0.25) is 5.91 Å². The summed E-state index contributed by atoms with van der Waals surface area (Å²) in [5, 5.41) is 3.39. The molecule has 3 fully saturated rings. The molecular weight excluding hydrogens is 304 g/mol. The van der Waals surface area contributed by atoms with E-state index in [4.69, 9.17) is 4.74 Å². The third-order valence-electron chi connectivity index (χ3n) is 5.77. The summed E-state index contributed by atoms with van der Waals surface area (Å²) in [6.07, 6.45) is 5.27. The Bertz CT molecular complexity index is 474. The van der Waals surface area contributed by atoms with Gasteiger partial charge in [-0.2, -0.15) is 0 Å². The molecule has 3 heterocycles. The molecule has 3 aliphatic heterocycles. The van der Waals surface area contributed by atoms with Crippen molar-refractivity contribution in [3.05, 3.63) is 0 Å². The number of guanidine groups is 1. The number of hydrogen-bond acceptors (Lipinski definition) is 3. The lowest BCUT2D eigenvalue weighted by Crippen LogP contribution is -2.44. The molecule has 24 heavy (non-hydrogen) atoms. The Labute approximate surface area is 145 Å². The molecule has 3 rings (SSSR count). The van der Waals surface area contributed by atoms with Crippen molar-refractivity contribution in [1.29, 1.82) is 0 Å². The third-order valence-corrected chi connectivity index (χ3v) is 5.77. The fourth-order valence-electron chi connectivity index (χ4n) is 4.27. The van der Waals surface area contributed by atoms with Gasteiger partial charge in [-0.1, -0.05) is 6.92 Å². The molecule has 0 aromatic rings. The number of likely N-dealkylation sites (tertiary alicyclic amines) is 2. The number of carbonyl (C=O) groups is 1. The third kappa shape index (κ3) is 4.02. The summed E-state index contributed by atoms with van der Waals surface area (Å²) in [5.41, 5.74) is 0.331. The van der Waals surface area contributed by atoms with Gasteiger partial charge in [-0.25, -0.2) is 0 Å². The van der Waals surface area contributed by atoms with Crippen molar-refractivity contribution in [2.24, 2.45) is 16.3 Å². The Morgan fingerprint density at radius 3 is 2.92 bits per heavy atom. The molecule has 1 N–H and O–H groups in total. The molecule has 0 aromatic heterocycles. The quantitative estimate of drug-likeness (QED) is 0.624. The van der Waals surface area contributed by atoms with E-state index in [9.17, 15) is 4.79 Å². The number of carbonyl (C=O) groups excluding carboxylic acids is 1. The average molecular weight is 336 g/mol. The summed E-state index contributed by atoms with van der Waals surface area (Å²) in [4.78, 5) is 21.1. The molecule has 1 spiro atoms. The van der Waals surface area contributed by atoms with Crippen LogP contribution in [0.4, 0.5) is 0 Å². The van der Waals surface area contributed by atoms with E-state index >= 15 is 0 Å². The fourth-order valence-corrected chi connectivity index (χ4v) is 4.27. The molecule has 2 atom stereocenters. The van der Waals surface area contributed by atoms with Gasteiger partial charge >= 0.3 is 0 Å². The lowest BCUT2D eigenvalue weighted by Gasteiger charge is -2.31. The van der Waals surface area contributed by atoms with Crippen LogP contribution in [0.1, 0.15) is 39.0 Å². The number of ether oxygens (including phenoxy) is 1. The van der Waals surface area contributed by atoms with Gasteiger partial charge in [0.25, 0.3) is 0 Å². The maximum absolute atomic E-state index is 12.4. The predicted molar refractivity (Wildman–Crippen MR) is 95.0 cm³/mol. The van der Waals surface area contributed by atoms with E-state index in [-0.39, 0.29) is 5.91 Å². The first kappa shape index (κ1) is 17.5. The summed E-state index contributed by atoms with van der Waals surface area (Å²) < 4.78 is 5.60. The average Bonchev–Trinajstić information content (AvgIpc) is 3.22. The molecule has 1 amide bonds. The van der Waals surface area contributed by atoms with Crippen LogP contribution in [0.2, 0.25) is 0 Å². The van der Waals surface area contributed by atoms with Gasteiger partial charge in [0, 0.05) is 58.2 Å². The van der Waals surface area contributed by atoms with Crippen LogP contribution in [0.25, 0.3) is 0 Å². The van der Waals surface area contributed by atoms with Crippen molar-refractivity contribution < 1.29 is 9.53 Å². The van der Waals surface area contributed by atoms with E-state index in [0.717, 1.165) is 58.2 Å². The van der Waals surface area contributed by atoms with Gasteiger partial charge in [0.05, 0.1) is 6.61 Å². The zero-order valence-corrected chi connectivity index (χ0v) is 15.2. The standard InChI is InChI=1S/C18H32N4O2/c1-15-4-3-9-21(12-15)16(23)5-8-20-17(19-2)22-10-6-18(13-22)7-11-24-14-18/h15H,3-14H2,1-2H3,(H,19,20). The molecule has 0 aromatic carbocycles. The van der Waals surface area contributed by atoms with Crippen LogP contribution in [-0.2, 0) is 9.53 Å². The Morgan fingerprint density at radius 2 is 2.21 bits per heavy atom. The Morgan fingerprint density at radius 1 is 1.33 bits per heavy atom. The highest BCUT2D eigenvalue weighted by molar-refractivity contribution is 5.81. The number of nitrogens with zero attached hydrogens (tertiary/aromatic N) is 3. The topological polar surface area (TPSA) is 57.2 Å². The first-order valence-corrected chi connectivity index (χ1v) is 9.43. The highest BCUT2D eigenvalue weighted by atomic mass is 16.5. The molecule has 3 saturated heterocycles. The van der Waals surface area contributed by atoms with E-state index in [2.05, 4.69) is 22.1 Å². The number of piperidine rings is 1. The highest BCUT2D eigenvalue weighted by Crippen LogP contribution is 2.38. The second-order valence-electron chi connectivity index (χ2n) is 7.79. The zero-order chi connectivity index (χ0) is 17.0. The van der Waals surface area contributed by atoms with Crippen LogP contribution in [0.5, 0.6) is 0 Å². The number of aliphatic imine (C=N–C) groups is 1. The van der Waals surface area contributed by atoms with Gasteiger partial charge in [-0.3, -0.25) is 9.79 Å². The summed E-state index contributed by atoms with van der Waals surface area (Å²) in [7, 11) is 1.83. The van der Waals surface area contributed by atoms with E-state index in [0.29, 0.717) is 24.3 Å². The van der Waals surface area contributed by atoms with Crippen molar-refractivity contribution in [2.75, 3.05) is 53.0 Å². The predicted octanol–water partition coefficient (Wildman–Crippen LogP) is 1.32. The second-order valence-corrected chi connectivity index (χ2v) is 7.79. The van der Waals surface area contributed by atoms with Gasteiger partial charge < -0.3 is 19.9 Å². The van der Waals surface area contributed by atoms with Crippen LogP contribution < -0.4 is 5.32 Å². The van der Waals surface area contributed by atoms with Crippen LogP contribution in [0.15, 0.2) is 4.99 Å². The van der Waals surface area contributed by atoms with Crippen molar-refractivity contribution in [2.45, 2.75) is 39.0 Å². The van der Waals surface area contributed by atoms with E-state index in [1.165, 1.54) is 12.8 Å². The lowest BCUT2D eigenvalue weighted by atomic mass is 9.87. The highest BCUT2D eigenvalue weighted by Gasteiger charge is 2.42. The van der Waals surface area contributed by atoms with Crippen molar-refractivity contribution in [1.82, 2.24) is 15.1 Å². The molecule has 136 valence electrons. The first-order valence-electron chi connectivity index (χ1n) is 9.43. The smallest absolute Gasteiger partial charge is 0.224 e. The number of rotatable bonds is 3. The largest absolute Gasteiger partial charge is 0.381 e. The first-order chi connectivity index (χ1) is 11.6. The number of nitrogens with one attached hydrogen (secondary N) is 1. The minimum absolute atomic E-state index is 0.270.